The van der Waals surface area contributed by atoms with Crippen LogP contribution in [-0.2, 0) is 11.0 Å². The van der Waals surface area contributed by atoms with Gasteiger partial charge in [0.1, 0.15) is 0 Å². The van der Waals surface area contributed by atoms with Gasteiger partial charge in [0, 0.05) is 18.5 Å². The van der Waals surface area contributed by atoms with Crippen molar-refractivity contribution in [2.24, 2.45) is 5.92 Å². The summed E-state index contributed by atoms with van der Waals surface area (Å²) in [6, 6.07) is 3.39. The molecule has 2 atom stereocenters. The number of carboxylic acid groups (broad SMARTS) is 1. The maximum Gasteiger partial charge on any atom is 0.354 e. The molecule has 1 aromatic rings. The molecule has 1 aromatic heterocycles. The van der Waals surface area contributed by atoms with Crippen molar-refractivity contribution in [3.05, 3.63) is 29.6 Å². The third kappa shape index (κ3) is 6.40. The Morgan fingerprint density at radius 1 is 1.48 bits per heavy atom. The number of aryl methyl sites for hydroxylation is 1. The standard InChI is InChI=1S/C15H24NO4P/c1-3-6-12(2)11-21(19,20)10-5-8-13-7-4-9-16-14(13)15(17)18/h4,7,9,12H,3,5-6,8,10-11H2,1-2H3,(H,17,18)(H,19,20). The number of aromatic nitrogens is 1. The predicted molar refractivity (Wildman–Crippen MR) is 83.1 cm³/mol. The SMILES string of the molecule is CCCC(C)CP(=O)(O)CCCc1cccnc1C(=O)O. The molecule has 2 N–H and O–H groups in total. The number of carboxylic acids is 1. The highest BCUT2D eigenvalue weighted by atomic mass is 31.2. The van der Waals surface area contributed by atoms with Gasteiger partial charge in [-0.2, -0.15) is 0 Å². The summed E-state index contributed by atoms with van der Waals surface area (Å²) >= 11 is 0. The Balaban J connectivity index is 2.53. The Labute approximate surface area is 125 Å². The fourth-order valence-corrected chi connectivity index (χ4v) is 4.50. The van der Waals surface area contributed by atoms with E-state index in [0.717, 1.165) is 12.8 Å². The van der Waals surface area contributed by atoms with Crippen LogP contribution in [0, 0.1) is 5.92 Å². The molecule has 0 saturated heterocycles. The third-order valence-electron chi connectivity index (χ3n) is 3.43. The van der Waals surface area contributed by atoms with E-state index in [1.165, 1.54) is 6.20 Å². The minimum atomic E-state index is -3.12. The quantitative estimate of drug-likeness (QED) is 0.682. The average Bonchev–Trinajstić information content (AvgIpc) is 2.38. The van der Waals surface area contributed by atoms with Crippen molar-refractivity contribution in [2.45, 2.75) is 39.5 Å². The molecule has 0 bridgehead atoms. The van der Waals surface area contributed by atoms with Crippen molar-refractivity contribution in [1.82, 2.24) is 4.98 Å². The van der Waals surface area contributed by atoms with Gasteiger partial charge in [-0.25, -0.2) is 9.78 Å². The monoisotopic (exact) mass is 313 g/mol. The van der Waals surface area contributed by atoms with Gasteiger partial charge in [0.2, 0.25) is 7.37 Å². The van der Waals surface area contributed by atoms with E-state index in [0.29, 0.717) is 24.6 Å². The van der Waals surface area contributed by atoms with E-state index in [2.05, 4.69) is 11.9 Å². The van der Waals surface area contributed by atoms with E-state index in [-0.39, 0.29) is 17.8 Å². The summed E-state index contributed by atoms with van der Waals surface area (Å²) in [6.07, 6.45) is 4.95. The molecule has 0 fully saturated rings. The summed E-state index contributed by atoms with van der Waals surface area (Å²) in [5.41, 5.74) is 0.649. The minimum Gasteiger partial charge on any atom is -0.477 e. The van der Waals surface area contributed by atoms with Crippen molar-refractivity contribution < 1.29 is 19.4 Å². The summed E-state index contributed by atoms with van der Waals surface area (Å²) in [7, 11) is -3.12. The van der Waals surface area contributed by atoms with E-state index in [4.69, 9.17) is 5.11 Å². The van der Waals surface area contributed by atoms with Crippen LogP contribution in [0.15, 0.2) is 18.3 Å². The fourth-order valence-electron chi connectivity index (χ4n) is 2.51. The molecule has 21 heavy (non-hydrogen) atoms. The molecule has 0 amide bonds. The van der Waals surface area contributed by atoms with E-state index in [1.54, 1.807) is 12.1 Å². The van der Waals surface area contributed by atoms with Gasteiger partial charge in [0.15, 0.2) is 5.69 Å². The summed E-state index contributed by atoms with van der Waals surface area (Å²) in [6.45, 7) is 4.06. The largest absolute Gasteiger partial charge is 0.477 e. The van der Waals surface area contributed by atoms with Gasteiger partial charge in [0.05, 0.1) is 0 Å². The van der Waals surface area contributed by atoms with Crippen molar-refractivity contribution in [3.63, 3.8) is 0 Å². The molecule has 0 radical (unpaired) electrons. The lowest BCUT2D eigenvalue weighted by molar-refractivity contribution is 0.0689. The molecule has 5 nitrogen and oxygen atoms in total. The van der Waals surface area contributed by atoms with E-state index >= 15 is 0 Å². The van der Waals surface area contributed by atoms with E-state index in [9.17, 15) is 14.3 Å². The molecule has 1 heterocycles. The Morgan fingerprint density at radius 3 is 2.81 bits per heavy atom. The van der Waals surface area contributed by atoms with Crippen molar-refractivity contribution in [1.29, 1.82) is 0 Å². The van der Waals surface area contributed by atoms with Gasteiger partial charge in [-0.15, -0.1) is 0 Å². The van der Waals surface area contributed by atoms with Crippen LogP contribution in [0.4, 0.5) is 0 Å². The zero-order valence-electron chi connectivity index (χ0n) is 12.7. The molecule has 0 aliphatic heterocycles. The first-order valence-corrected chi connectivity index (χ1v) is 9.36. The number of hydrogen-bond acceptors (Lipinski definition) is 3. The lowest BCUT2D eigenvalue weighted by Crippen LogP contribution is -2.08. The summed E-state index contributed by atoms with van der Waals surface area (Å²) in [5, 5.41) is 9.04. The Bertz CT molecular complexity index is 518. The second kappa shape index (κ2) is 8.30. The highest BCUT2D eigenvalue weighted by Crippen LogP contribution is 2.44. The molecule has 2 unspecified atom stereocenters. The zero-order chi connectivity index (χ0) is 15.9. The molecule has 1 rings (SSSR count). The molecule has 0 aromatic carbocycles. The van der Waals surface area contributed by atoms with Crippen LogP contribution in [0.5, 0.6) is 0 Å². The first-order valence-electron chi connectivity index (χ1n) is 7.33. The topological polar surface area (TPSA) is 87.5 Å². The summed E-state index contributed by atoms with van der Waals surface area (Å²) in [5.74, 6) is -0.812. The van der Waals surface area contributed by atoms with Crippen LogP contribution in [0.2, 0.25) is 0 Å². The van der Waals surface area contributed by atoms with Crippen LogP contribution in [-0.4, -0.2) is 33.3 Å². The normalized spacial score (nSPS) is 15.4. The summed E-state index contributed by atoms with van der Waals surface area (Å²) in [4.78, 5) is 24.9. The van der Waals surface area contributed by atoms with E-state index in [1.807, 2.05) is 6.92 Å². The minimum absolute atomic E-state index is 0.0321. The second-order valence-corrected chi connectivity index (χ2v) is 8.07. The second-order valence-electron chi connectivity index (χ2n) is 5.57. The molecular weight excluding hydrogens is 289 g/mol. The van der Waals surface area contributed by atoms with Crippen LogP contribution < -0.4 is 0 Å². The number of nitrogens with zero attached hydrogens (tertiary/aromatic N) is 1. The number of hydrogen-bond donors (Lipinski definition) is 2. The Morgan fingerprint density at radius 2 is 2.19 bits per heavy atom. The highest BCUT2D eigenvalue weighted by molar-refractivity contribution is 7.57. The maximum atomic E-state index is 12.1. The molecule has 6 heteroatoms. The lowest BCUT2D eigenvalue weighted by atomic mass is 10.1. The number of pyridine rings is 1. The molecule has 0 spiro atoms. The van der Waals surface area contributed by atoms with Gasteiger partial charge < -0.3 is 10.00 Å². The van der Waals surface area contributed by atoms with Crippen LogP contribution >= 0.6 is 7.37 Å². The number of carbonyl (C=O) groups is 1. The molecule has 118 valence electrons. The zero-order valence-corrected chi connectivity index (χ0v) is 13.6. The molecule has 0 aliphatic carbocycles. The first-order chi connectivity index (χ1) is 9.85. The van der Waals surface area contributed by atoms with Gasteiger partial charge in [-0.05, 0) is 30.4 Å². The van der Waals surface area contributed by atoms with Crippen molar-refractivity contribution >= 4 is 13.3 Å². The van der Waals surface area contributed by atoms with Crippen LogP contribution in [0.25, 0.3) is 0 Å². The fraction of sp³-hybridized carbons (Fsp3) is 0.600. The van der Waals surface area contributed by atoms with Gasteiger partial charge >= 0.3 is 5.97 Å². The van der Waals surface area contributed by atoms with Crippen molar-refractivity contribution in [2.75, 3.05) is 12.3 Å². The Hall–Kier alpha value is -1.19. The smallest absolute Gasteiger partial charge is 0.354 e. The Kier molecular flexibility index (Phi) is 7.06. The predicted octanol–water partition coefficient (Wildman–Crippen LogP) is 3.42. The van der Waals surface area contributed by atoms with Gasteiger partial charge in [-0.1, -0.05) is 32.8 Å². The highest BCUT2D eigenvalue weighted by Gasteiger charge is 2.21. The van der Waals surface area contributed by atoms with Crippen LogP contribution in [0.3, 0.4) is 0 Å². The van der Waals surface area contributed by atoms with Crippen LogP contribution in [0.1, 0.15) is 49.2 Å². The maximum absolute atomic E-state index is 12.1. The number of rotatable bonds is 9. The third-order valence-corrected chi connectivity index (χ3v) is 5.63. The molecular formula is C15H24NO4P. The molecule has 0 saturated carbocycles. The van der Waals surface area contributed by atoms with Crippen molar-refractivity contribution in [3.8, 4) is 0 Å². The first kappa shape index (κ1) is 17.9. The summed E-state index contributed by atoms with van der Waals surface area (Å²) < 4.78 is 12.1. The lowest BCUT2D eigenvalue weighted by Gasteiger charge is -2.16. The average molecular weight is 313 g/mol. The molecule has 0 aliphatic rings. The van der Waals surface area contributed by atoms with E-state index < -0.39 is 13.3 Å². The van der Waals surface area contributed by atoms with Gasteiger partial charge in [0.25, 0.3) is 0 Å². The number of aromatic carboxylic acids is 1. The van der Waals surface area contributed by atoms with Gasteiger partial charge in [-0.3, -0.25) is 4.57 Å².